The van der Waals surface area contributed by atoms with Gasteiger partial charge in [0.15, 0.2) is 11.8 Å². The summed E-state index contributed by atoms with van der Waals surface area (Å²) < 4.78 is 8.15. The second-order valence-corrected chi connectivity index (χ2v) is 8.18. The quantitative estimate of drug-likeness (QED) is 0.438. The van der Waals surface area contributed by atoms with Gasteiger partial charge < -0.3 is 4.42 Å². The minimum Gasteiger partial charge on any atom is -0.436 e. The number of aromatic nitrogens is 2. The van der Waals surface area contributed by atoms with Crippen LogP contribution < -0.4 is 4.57 Å². The summed E-state index contributed by atoms with van der Waals surface area (Å²) in [6, 6.07) is 18.8. The van der Waals surface area contributed by atoms with Crippen LogP contribution in [0, 0.1) is 6.92 Å². The molecule has 0 amide bonds. The molecule has 0 atom stereocenters. The van der Waals surface area contributed by atoms with Crippen molar-refractivity contribution in [3.8, 4) is 22.7 Å². The maximum absolute atomic E-state index is 5.98. The first kappa shape index (κ1) is 17.5. The lowest BCUT2D eigenvalue weighted by Gasteiger charge is -2.19. The number of para-hydroxylation sites is 2. The van der Waals surface area contributed by atoms with Crippen molar-refractivity contribution in [2.45, 2.75) is 33.1 Å². The van der Waals surface area contributed by atoms with Gasteiger partial charge in [0.1, 0.15) is 12.6 Å². The van der Waals surface area contributed by atoms with Crippen LogP contribution in [0.25, 0.3) is 33.8 Å². The van der Waals surface area contributed by atoms with Crippen molar-refractivity contribution >= 4 is 11.1 Å². The number of benzene rings is 2. The van der Waals surface area contributed by atoms with E-state index in [0.717, 1.165) is 16.7 Å². The summed E-state index contributed by atoms with van der Waals surface area (Å²) in [5.74, 6) is 0.659. The number of rotatable bonds is 2. The third kappa shape index (κ3) is 3.25. The van der Waals surface area contributed by atoms with E-state index in [2.05, 4.69) is 80.8 Å². The van der Waals surface area contributed by atoms with Crippen LogP contribution in [0.15, 0.2) is 65.2 Å². The zero-order valence-electron chi connectivity index (χ0n) is 16.6. The zero-order valence-corrected chi connectivity index (χ0v) is 16.6. The van der Waals surface area contributed by atoms with Gasteiger partial charge in [-0.1, -0.05) is 39.0 Å². The van der Waals surface area contributed by atoms with Crippen molar-refractivity contribution < 1.29 is 8.98 Å². The first-order valence-corrected chi connectivity index (χ1v) is 9.30. The van der Waals surface area contributed by atoms with Gasteiger partial charge in [-0.2, -0.15) is 0 Å². The first-order chi connectivity index (χ1) is 12.8. The van der Waals surface area contributed by atoms with E-state index >= 15 is 0 Å². The molecule has 0 spiro atoms. The Kier molecular flexibility index (Phi) is 4.11. The fourth-order valence-corrected chi connectivity index (χ4v) is 3.33. The highest BCUT2D eigenvalue weighted by Crippen LogP contribution is 2.31. The summed E-state index contributed by atoms with van der Waals surface area (Å²) in [4.78, 5) is 4.65. The van der Waals surface area contributed by atoms with E-state index in [1.807, 2.05) is 24.3 Å². The number of nitrogens with zero attached hydrogens (tertiary/aromatic N) is 2. The highest BCUT2D eigenvalue weighted by molar-refractivity contribution is 5.77. The van der Waals surface area contributed by atoms with Gasteiger partial charge in [0.25, 0.3) is 0 Å². The Morgan fingerprint density at radius 3 is 2.48 bits per heavy atom. The molecule has 0 N–H and O–H groups in total. The molecule has 3 nitrogen and oxygen atoms in total. The van der Waals surface area contributed by atoms with Crippen molar-refractivity contribution in [2.75, 3.05) is 0 Å². The van der Waals surface area contributed by atoms with Crippen molar-refractivity contribution in [2.24, 2.45) is 7.05 Å². The van der Waals surface area contributed by atoms with Crippen LogP contribution in [0.2, 0.25) is 0 Å². The molecular formula is C24H25N2O+. The van der Waals surface area contributed by atoms with E-state index in [0.29, 0.717) is 5.89 Å². The van der Waals surface area contributed by atoms with E-state index in [-0.39, 0.29) is 5.41 Å². The smallest absolute Gasteiger partial charge is 0.227 e. The Morgan fingerprint density at radius 1 is 0.963 bits per heavy atom. The van der Waals surface area contributed by atoms with Crippen LogP contribution in [-0.4, -0.2) is 4.98 Å². The molecule has 0 aliphatic rings. The van der Waals surface area contributed by atoms with Gasteiger partial charge in [-0.3, -0.25) is 0 Å². The van der Waals surface area contributed by atoms with Crippen molar-refractivity contribution in [1.29, 1.82) is 0 Å². The van der Waals surface area contributed by atoms with E-state index in [9.17, 15) is 0 Å². The molecular weight excluding hydrogens is 332 g/mol. The number of fused-ring (bicyclic) bond motifs is 1. The lowest BCUT2D eigenvalue weighted by Crippen LogP contribution is -2.31. The van der Waals surface area contributed by atoms with Gasteiger partial charge >= 0.3 is 0 Å². The molecule has 0 aliphatic carbocycles. The highest BCUT2D eigenvalue weighted by atomic mass is 16.3. The number of hydrogen-bond donors (Lipinski definition) is 0. The van der Waals surface area contributed by atoms with E-state index < -0.39 is 0 Å². The Bertz CT molecular complexity index is 1100. The molecule has 2 aromatic carbocycles. The van der Waals surface area contributed by atoms with Crippen molar-refractivity contribution in [1.82, 2.24) is 4.98 Å². The Morgan fingerprint density at radius 2 is 1.74 bits per heavy atom. The molecule has 4 rings (SSSR count). The number of pyridine rings is 1. The number of aryl methyl sites for hydroxylation is 2. The molecule has 3 heteroatoms. The fraction of sp³-hybridized carbons (Fsp3) is 0.250. The molecule has 0 radical (unpaired) electrons. The molecule has 0 unspecified atom stereocenters. The molecule has 27 heavy (non-hydrogen) atoms. The third-order valence-corrected chi connectivity index (χ3v) is 5.07. The maximum atomic E-state index is 5.98. The van der Waals surface area contributed by atoms with E-state index in [4.69, 9.17) is 4.42 Å². The van der Waals surface area contributed by atoms with Crippen LogP contribution in [0.4, 0.5) is 0 Å². The molecule has 0 fully saturated rings. The zero-order chi connectivity index (χ0) is 19.2. The lowest BCUT2D eigenvalue weighted by molar-refractivity contribution is -0.660. The molecule has 0 saturated heterocycles. The van der Waals surface area contributed by atoms with Gasteiger partial charge in [-0.05, 0) is 47.7 Å². The van der Waals surface area contributed by atoms with Gasteiger partial charge in [-0.15, -0.1) is 0 Å². The second-order valence-electron chi connectivity index (χ2n) is 8.18. The Hall–Kier alpha value is -2.94. The largest absolute Gasteiger partial charge is 0.436 e. The number of hydrogen-bond acceptors (Lipinski definition) is 2. The fourth-order valence-electron chi connectivity index (χ4n) is 3.33. The first-order valence-electron chi connectivity index (χ1n) is 9.30. The van der Waals surface area contributed by atoms with Gasteiger partial charge in [0, 0.05) is 23.3 Å². The molecule has 0 aliphatic heterocycles. The SMILES string of the molecule is Cc1ccc(-c2nc3ccccc3o2)cc1-c1cc(C(C)(C)C)cc[n+]1C. The standard InChI is InChI=1S/C24H25N2O/c1-16-10-11-17(23-25-20-8-6-7-9-22(20)27-23)14-19(16)21-15-18(24(2,3)4)12-13-26(21)5/h6-15H,1-5H3/q+1. The normalized spacial score (nSPS) is 11.9. The maximum Gasteiger partial charge on any atom is 0.227 e. The second kappa shape index (κ2) is 6.34. The van der Waals surface area contributed by atoms with Crippen LogP contribution in [0.3, 0.4) is 0 Å². The summed E-state index contributed by atoms with van der Waals surface area (Å²) >= 11 is 0. The van der Waals surface area contributed by atoms with Crippen molar-refractivity contribution in [3.05, 3.63) is 71.9 Å². The summed E-state index contributed by atoms with van der Waals surface area (Å²) in [5, 5.41) is 0. The molecule has 4 aromatic rings. The topological polar surface area (TPSA) is 29.9 Å². The number of oxazole rings is 1. The minimum absolute atomic E-state index is 0.106. The molecule has 0 bridgehead atoms. The summed E-state index contributed by atoms with van der Waals surface area (Å²) in [5.41, 5.74) is 7.74. The average molecular weight is 357 g/mol. The van der Waals surface area contributed by atoms with Crippen molar-refractivity contribution in [3.63, 3.8) is 0 Å². The molecule has 0 saturated carbocycles. The third-order valence-electron chi connectivity index (χ3n) is 5.07. The van der Waals surface area contributed by atoms with Crippen LogP contribution >= 0.6 is 0 Å². The van der Waals surface area contributed by atoms with Gasteiger partial charge in [-0.25, -0.2) is 9.55 Å². The lowest BCUT2D eigenvalue weighted by atomic mass is 9.86. The summed E-state index contributed by atoms with van der Waals surface area (Å²) in [6.45, 7) is 8.88. The highest BCUT2D eigenvalue weighted by Gasteiger charge is 2.21. The van der Waals surface area contributed by atoms with Crippen LogP contribution in [0.5, 0.6) is 0 Å². The predicted octanol–water partition coefficient (Wildman–Crippen LogP) is 5.59. The van der Waals surface area contributed by atoms with E-state index in [1.165, 1.54) is 22.4 Å². The average Bonchev–Trinajstić information content (AvgIpc) is 3.06. The van der Waals surface area contributed by atoms with Gasteiger partial charge in [0.05, 0.1) is 0 Å². The molecule has 136 valence electrons. The Labute approximate surface area is 160 Å². The predicted molar refractivity (Wildman–Crippen MR) is 109 cm³/mol. The van der Waals surface area contributed by atoms with Crippen LogP contribution in [0.1, 0.15) is 31.9 Å². The molecule has 2 heterocycles. The Balaban J connectivity index is 1.86. The summed E-state index contributed by atoms with van der Waals surface area (Å²) in [6.07, 6.45) is 2.14. The van der Waals surface area contributed by atoms with Gasteiger partial charge in [0.2, 0.25) is 11.6 Å². The monoisotopic (exact) mass is 357 g/mol. The minimum atomic E-state index is 0.106. The van der Waals surface area contributed by atoms with E-state index in [1.54, 1.807) is 0 Å². The van der Waals surface area contributed by atoms with Crippen LogP contribution in [-0.2, 0) is 12.5 Å². The molecule has 2 aromatic heterocycles. The summed E-state index contributed by atoms with van der Waals surface area (Å²) in [7, 11) is 2.09.